The van der Waals surface area contributed by atoms with E-state index in [1.807, 2.05) is 13.8 Å². The molecule has 0 radical (unpaired) electrons. The van der Waals surface area contributed by atoms with Gasteiger partial charge in [-0.25, -0.2) is 0 Å². The van der Waals surface area contributed by atoms with Crippen molar-refractivity contribution < 1.29 is 9.47 Å². The molecule has 0 saturated heterocycles. The molecule has 0 aromatic rings. The maximum Gasteiger partial charge on any atom is 0.155 e. The molecule has 2 rings (SSSR count). The van der Waals surface area contributed by atoms with Gasteiger partial charge in [0.15, 0.2) is 6.29 Å². The van der Waals surface area contributed by atoms with Gasteiger partial charge in [0, 0.05) is 6.61 Å². The van der Waals surface area contributed by atoms with Gasteiger partial charge in [-0.15, -0.1) is 0 Å². The summed E-state index contributed by atoms with van der Waals surface area (Å²) in [6.45, 7) is 4.77. The van der Waals surface area contributed by atoms with Crippen molar-refractivity contribution in [3.63, 3.8) is 0 Å². The molecule has 0 bridgehead atoms. The molecule has 2 nitrogen and oxygen atoms in total. The number of hydrogen-bond donors (Lipinski definition) is 0. The van der Waals surface area contributed by atoms with Crippen molar-refractivity contribution in [3.8, 4) is 0 Å². The summed E-state index contributed by atoms with van der Waals surface area (Å²) in [6, 6.07) is 0. The Morgan fingerprint density at radius 1 is 0.806 bits per heavy atom. The lowest BCUT2D eigenvalue weighted by atomic mass is 9.70. The van der Waals surface area contributed by atoms with Gasteiger partial charge < -0.3 is 9.47 Å². The third-order valence-electron chi connectivity index (χ3n) is 7.70. The van der Waals surface area contributed by atoms with E-state index in [9.17, 15) is 0 Å². The molecular weight excluding hydrogens is 495 g/mol. The Hall–Kier alpha value is 0.390. The third kappa shape index (κ3) is 12.4. The zero-order valence-corrected chi connectivity index (χ0v) is 22.8. The van der Waals surface area contributed by atoms with Gasteiger partial charge in [0.1, 0.15) is 0 Å². The van der Waals surface area contributed by atoms with Gasteiger partial charge in [-0.3, -0.25) is 0 Å². The zero-order valence-electron chi connectivity index (χ0n) is 20.7. The predicted octanol–water partition coefficient (Wildman–Crippen LogP) is 9.60. The molecule has 0 aliphatic heterocycles. The number of ether oxygens (including phenoxy) is 2. The Bertz CT molecular complexity index is 434. The Morgan fingerprint density at radius 2 is 1.35 bits per heavy atom. The summed E-state index contributed by atoms with van der Waals surface area (Å²) in [4.78, 5) is 0. The second-order valence-electron chi connectivity index (χ2n) is 10.3. The fourth-order valence-corrected chi connectivity index (χ4v) is 6.16. The molecule has 0 aromatic carbocycles. The molecule has 2 saturated carbocycles. The summed E-state index contributed by atoms with van der Waals surface area (Å²) in [6.07, 6.45) is 28.7. The molecule has 0 aromatic heterocycles. The van der Waals surface area contributed by atoms with Gasteiger partial charge in [0.05, 0.1) is 6.10 Å². The van der Waals surface area contributed by atoms with Gasteiger partial charge in [0.2, 0.25) is 0 Å². The summed E-state index contributed by atoms with van der Waals surface area (Å²) in [5, 5.41) is 0. The SMILES string of the molecule is CCOC(C)OC(C=CI)C1CC(CCCCCC2CCCCCCCCCCC2)C1. The molecule has 2 atom stereocenters. The Kier molecular flexibility index (Phi) is 15.9. The lowest BCUT2D eigenvalue weighted by molar-refractivity contribution is -0.167. The van der Waals surface area contributed by atoms with Crippen LogP contribution < -0.4 is 0 Å². The van der Waals surface area contributed by atoms with Crippen LogP contribution >= 0.6 is 22.6 Å². The second kappa shape index (κ2) is 17.8. The van der Waals surface area contributed by atoms with Gasteiger partial charge in [-0.05, 0) is 54.6 Å². The highest BCUT2D eigenvalue weighted by molar-refractivity contribution is 14.1. The standard InChI is InChI=1S/C28H51IO2/c1-3-30-24(2)31-28(20-21-29)27-22-26(23-27)19-15-11-14-18-25-16-12-9-7-5-4-6-8-10-13-17-25/h20-21,24-28H,3-19,22-23H2,1-2H3. The summed E-state index contributed by atoms with van der Waals surface area (Å²) in [5.74, 6) is 2.65. The Balaban J connectivity index is 1.55. The minimum absolute atomic E-state index is 0.0996. The number of unbranched alkanes of at least 4 members (excludes halogenated alkanes) is 2. The molecule has 182 valence electrons. The van der Waals surface area contributed by atoms with E-state index in [4.69, 9.17) is 9.47 Å². The van der Waals surface area contributed by atoms with Crippen molar-refractivity contribution >= 4 is 22.6 Å². The van der Waals surface area contributed by atoms with Crippen LogP contribution in [0.1, 0.15) is 129 Å². The average Bonchev–Trinajstić information content (AvgIpc) is 2.70. The molecule has 0 spiro atoms. The van der Waals surface area contributed by atoms with Crippen LogP contribution in [0.2, 0.25) is 0 Å². The summed E-state index contributed by atoms with van der Waals surface area (Å²) in [7, 11) is 0. The summed E-state index contributed by atoms with van der Waals surface area (Å²) < 4.78 is 13.8. The van der Waals surface area contributed by atoms with Crippen molar-refractivity contribution in [2.75, 3.05) is 6.61 Å². The van der Waals surface area contributed by atoms with Gasteiger partial charge >= 0.3 is 0 Å². The monoisotopic (exact) mass is 546 g/mol. The maximum atomic E-state index is 6.13. The first-order valence-corrected chi connectivity index (χ1v) is 15.0. The fourth-order valence-electron chi connectivity index (χ4n) is 5.75. The molecule has 3 heteroatoms. The van der Waals surface area contributed by atoms with E-state index in [0.717, 1.165) is 18.4 Å². The molecule has 2 unspecified atom stereocenters. The topological polar surface area (TPSA) is 18.5 Å². The molecule has 2 aliphatic carbocycles. The minimum Gasteiger partial charge on any atom is -0.353 e. The highest BCUT2D eigenvalue weighted by Gasteiger charge is 2.34. The van der Waals surface area contributed by atoms with Crippen LogP contribution in [0, 0.1) is 17.8 Å². The minimum atomic E-state index is -0.0996. The largest absolute Gasteiger partial charge is 0.353 e. The van der Waals surface area contributed by atoms with E-state index in [1.54, 1.807) is 0 Å². The van der Waals surface area contributed by atoms with Crippen LogP contribution in [0.25, 0.3) is 0 Å². The van der Waals surface area contributed by atoms with E-state index in [-0.39, 0.29) is 12.4 Å². The number of rotatable bonds is 12. The molecule has 0 heterocycles. The number of halogens is 1. The van der Waals surface area contributed by atoms with Crippen LogP contribution in [-0.4, -0.2) is 19.0 Å². The van der Waals surface area contributed by atoms with Crippen molar-refractivity contribution in [3.05, 3.63) is 10.2 Å². The Labute approximate surface area is 207 Å². The van der Waals surface area contributed by atoms with Crippen LogP contribution in [0.3, 0.4) is 0 Å². The zero-order chi connectivity index (χ0) is 22.2. The fraction of sp³-hybridized carbons (Fsp3) is 0.929. The molecule has 2 fully saturated rings. The highest BCUT2D eigenvalue weighted by Crippen LogP contribution is 2.41. The van der Waals surface area contributed by atoms with E-state index in [2.05, 4.69) is 32.7 Å². The lowest BCUT2D eigenvalue weighted by Gasteiger charge is -2.40. The molecule has 0 N–H and O–H groups in total. The average molecular weight is 547 g/mol. The lowest BCUT2D eigenvalue weighted by Crippen LogP contribution is -2.36. The van der Waals surface area contributed by atoms with Gasteiger partial charge in [0.25, 0.3) is 0 Å². The van der Waals surface area contributed by atoms with Crippen molar-refractivity contribution in [1.82, 2.24) is 0 Å². The van der Waals surface area contributed by atoms with Crippen molar-refractivity contribution in [1.29, 1.82) is 0 Å². The van der Waals surface area contributed by atoms with Gasteiger partial charge in [-0.1, -0.05) is 125 Å². The van der Waals surface area contributed by atoms with E-state index >= 15 is 0 Å². The van der Waals surface area contributed by atoms with Crippen LogP contribution in [0.15, 0.2) is 10.2 Å². The smallest absolute Gasteiger partial charge is 0.155 e. The quantitative estimate of drug-likeness (QED) is 0.138. The third-order valence-corrected chi connectivity index (χ3v) is 8.11. The van der Waals surface area contributed by atoms with Gasteiger partial charge in [-0.2, -0.15) is 0 Å². The van der Waals surface area contributed by atoms with Crippen LogP contribution in [-0.2, 0) is 9.47 Å². The molecular formula is C28H51IO2. The highest BCUT2D eigenvalue weighted by atomic mass is 127. The predicted molar refractivity (Wildman–Crippen MR) is 143 cm³/mol. The first-order chi connectivity index (χ1) is 15.2. The first-order valence-electron chi connectivity index (χ1n) is 13.8. The van der Waals surface area contributed by atoms with Crippen molar-refractivity contribution in [2.24, 2.45) is 17.8 Å². The number of hydrogen-bond acceptors (Lipinski definition) is 2. The van der Waals surface area contributed by atoms with E-state index in [0.29, 0.717) is 5.92 Å². The van der Waals surface area contributed by atoms with Crippen LogP contribution in [0.5, 0.6) is 0 Å². The summed E-state index contributed by atoms with van der Waals surface area (Å²) in [5.41, 5.74) is 0. The second-order valence-corrected chi connectivity index (χ2v) is 11.0. The first kappa shape index (κ1) is 27.6. The van der Waals surface area contributed by atoms with E-state index < -0.39 is 0 Å². The van der Waals surface area contributed by atoms with E-state index in [1.165, 1.54) is 116 Å². The summed E-state index contributed by atoms with van der Waals surface area (Å²) >= 11 is 2.31. The molecule has 0 amide bonds. The van der Waals surface area contributed by atoms with Crippen molar-refractivity contribution in [2.45, 2.75) is 142 Å². The maximum absolute atomic E-state index is 6.13. The molecule has 2 aliphatic rings. The molecule has 31 heavy (non-hydrogen) atoms. The van der Waals surface area contributed by atoms with Crippen LogP contribution in [0.4, 0.5) is 0 Å². The normalized spacial score (nSPS) is 26.7. The Morgan fingerprint density at radius 3 is 1.90 bits per heavy atom.